The van der Waals surface area contributed by atoms with Gasteiger partial charge < -0.3 is 9.47 Å². The molecule has 122 valence electrons. The first-order valence-corrected chi connectivity index (χ1v) is 8.36. The number of esters is 1. The van der Waals surface area contributed by atoms with Crippen LogP contribution in [0.15, 0.2) is 40.9 Å². The molecule has 0 aromatic heterocycles. The lowest BCUT2D eigenvalue weighted by atomic mass is 10.0. The van der Waals surface area contributed by atoms with Crippen LogP contribution in [0.4, 0.5) is 0 Å². The first-order chi connectivity index (χ1) is 10.9. The standard InChI is InChI=1S/C19H21BrO3/c1-12(2)15-7-5-14(4)10-18(15)23-19(21)11-22-17-8-6-13(3)9-16(17)20/h5-10,12H,11H2,1-4H3. The molecule has 2 aromatic rings. The summed E-state index contributed by atoms with van der Waals surface area (Å²) in [5.74, 6) is 1.10. The van der Waals surface area contributed by atoms with Crippen molar-refractivity contribution in [2.24, 2.45) is 0 Å². The Labute approximate surface area is 145 Å². The molecule has 0 atom stereocenters. The van der Waals surface area contributed by atoms with E-state index >= 15 is 0 Å². The predicted octanol–water partition coefficient (Wildman–Crippen LogP) is 5.17. The number of halogens is 1. The third-order valence-electron chi connectivity index (χ3n) is 3.45. The van der Waals surface area contributed by atoms with Crippen LogP contribution >= 0.6 is 15.9 Å². The molecule has 0 fully saturated rings. The molecule has 4 heteroatoms. The summed E-state index contributed by atoms with van der Waals surface area (Å²) in [7, 11) is 0. The van der Waals surface area contributed by atoms with Crippen LogP contribution in [0.2, 0.25) is 0 Å². The lowest BCUT2D eigenvalue weighted by Crippen LogP contribution is -2.18. The molecule has 0 spiro atoms. The van der Waals surface area contributed by atoms with Crippen molar-refractivity contribution in [2.45, 2.75) is 33.6 Å². The highest BCUT2D eigenvalue weighted by Crippen LogP contribution is 2.28. The lowest BCUT2D eigenvalue weighted by molar-refractivity contribution is -0.136. The second-order valence-corrected chi connectivity index (χ2v) is 6.75. The quantitative estimate of drug-likeness (QED) is 0.533. The summed E-state index contributed by atoms with van der Waals surface area (Å²) in [4.78, 5) is 12.1. The van der Waals surface area contributed by atoms with Gasteiger partial charge >= 0.3 is 5.97 Å². The lowest BCUT2D eigenvalue weighted by Gasteiger charge is -2.14. The average Bonchev–Trinajstić information content (AvgIpc) is 2.46. The van der Waals surface area contributed by atoms with Crippen molar-refractivity contribution in [2.75, 3.05) is 6.61 Å². The van der Waals surface area contributed by atoms with Gasteiger partial charge in [0.1, 0.15) is 11.5 Å². The van der Waals surface area contributed by atoms with Crippen molar-refractivity contribution in [3.63, 3.8) is 0 Å². The number of carbonyl (C=O) groups excluding carboxylic acids is 1. The van der Waals surface area contributed by atoms with Gasteiger partial charge in [0.2, 0.25) is 0 Å². The highest BCUT2D eigenvalue weighted by atomic mass is 79.9. The molecule has 0 bridgehead atoms. The second-order valence-electron chi connectivity index (χ2n) is 5.89. The summed E-state index contributed by atoms with van der Waals surface area (Å²) in [6.07, 6.45) is 0. The van der Waals surface area contributed by atoms with Gasteiger partial charge in [0, 0.05) is 0 Å². The van der Waals surface area contributed by atoms with E-state index in [1.807, 2.05) is 50.2 Å². The summed E-state index contributed by atoms with van der Waals surface area (Å²) >= 11 is 3.43. The Balaban J connectivity index is 2.04. The Bertz CT molecular complexity index is 708. The maximum atomic E-state index is 12.1. The van der Waals surface area contributed by atoms with Crippen LogP contribution in [-0.4, -0.2) is 12.6 Å². The summed E-state index contributed by atoms with van der Waals surface area (Å²) in [6.45, 7) is 7.98. The van der Waals surface area contributed by atoms with Crippen molar-refractivity contribution in [3.8, 4) is 11.5 Å². The zero-order chi connectivity index (χ0) is 17.0. The van der Waals surface area contributed by atoms with Gasteiger partial charge in [0.15, 0.2) is 6.61 Å². The minimum atomic E-state index is -0.412. The van der Waals surface area contributed by atoms with Crippen molar-refractivity contribution >= 4 is 21.9 Å². The van der Waals surface area contributed by atoms with Gasteiger partial charge in [-0.1, -0.05) is 32.0 Å². The average molecular weight is 377 g/mol. The Hall–Kier alpha value is -1.81. The van der Waals surface area contributed by atoms with Crippen LogP contribution < -0.4 is 9.47 Å². The van der Waals surface area contributed by atoms with E-state index in [9.17, 15) is 4.79 Å². The molecule has 0 aliphatic rings. The fourth-order valence-electron chi connectivity index (χ4n) is 2.22. The van der Waals surface area contributed by atoms with E-state index in [1.165, 1.54) is 0 Å². The largest absolute Gasteiger partial charge is 0.481 e. The first kappa shape index (κ1) is 17.5. The summed E-state index contributed by atoms with van der Waals surface area (Å²) < 4.78 is 11.9. The van der Waals surface area contributed by atoms with Crippen LogP contribution in [0.3, 0.4) is 0 Å². The van der Waals surface area contributed by atoms with Crippen LogP contribution in [0.25, 0.3) is 0 Å². The molecule has 0 amide bonds. The van der Waals surface area contributed by atoms with E-state index in [1.54, 1.807) is 0 Å². The molecule has 0 saturated heterocycles. The van der Waals surface area contributed by atoms with Crippen LogP contribution in [-0.2, 0) is 4.79 Å². The van der Waals surface area contributed by atoms with E-state index in [-0.39, 0.29) is 12.5 Å². The molecule has 0 saturated carbocycles. The fourth-order valence-corrected chi connectivity index (χ4v) is 2.83. The van der Waals surface area contributed by atoms with Gasteiger partial charge in [-0.2, -0.15) is 0 Å². The maximum Gasteiger partial charge on any atom is 0.349 e. The first-order valence-electron chi connectivity index (χ1n) is 7.57. The number of aryl methyl sites for hydroxylation is 2. The second kappa shape index (κ2) is 7.64. The number of benzene rings is 2. The SMILES string of the molecule is Cc1ccc(OCC(=O)Oc2cc(C)ccc2C(C)C)c(Br)c1. The monoisotopic (exact) mass is 376 g/mol. The molecule has 2 rings (SSSR count). The van der Waals surface area contributed by atoms with E-state index in [0.29, 0.717) is 11.5 Å². The third kappa shape index (κ3) is 4.83. The molecule has 3 nitrogen and oxygen atoms in total. The van der Waals surface area contributed by atoms with Crippen molar-refractivity contribution in [1.29, 1.82) is 0 Å². The van der Waals surface area contributed by atoms with Crippen LogP contribution in [0.1, 0.15) is 36.5 Å². The van der Waals surface area contributed by atoms with E-state index < -0.39 is 5.97 Å². The third-order valence-corrected chi connectivity index (χ3v) is 4.07. The highest BCUT2D eigenvalue weighted by Gasteiger charge is 2.13. The minimum Gasteiger partial charge on any atom is -0.481 e. The predicted molar refractivity (Wildman–Crippen MR) is 95.3 cm³/mol. The number of hydrogen-bond acceptors (Lipinski definition) is 3. The van der Waals surface area contributed by atoms with Crippen LogP contribution in [0.5, 0.6) is 11.5 Å². The zero-order valence-corrected chi connectivity index (χ0v) is 15.4. The van der Waals surface area contributed by atoms with Crippen molar-refractivity contribution in [1.82, 2.24) is 0 Å². The van der Waals surface area contributed by atoms with Gasteiger partial charge in [-0.15, -0.1) is 0 Å². The smallest absolute Gasteiger partial charge is 0.349 e. The molecule has 0 aliphatic heterocycles. The van der Waals surface area contributed by atoms with Crippen molar-refractivity contribution in [3.05, 3.63) is 57.6 Å². The molecule has 0 N–H and O–H groups in total. The van der Waals surface area contributed by atoms with Gasteiger partial charge in [0.25, 0.3) is 0 Å². The molecule has 0 heterocycles. The molecule has 0 aliphatic carbocycles. The van der Waals surface area contributed by atoms with E-state index in [2.05, 4.69) is 29.8 Å². The van der Waals surface area contributed by atoms with E-state index in [4.69, 9.17) is 9.47 Å². The number of hydrogen-bond donors (Lipinski definition) is 0. The van der Waals surface area contributed by atoms with Gasteiger partial charge in [-0.25, -0.2) is 4.79 Å². The Morgan fingerprint density at radius 1 is 1.04 bits per heavy atom. The zero-order valence-electron chi connectivity index (χ0n) is 13.9. The normalized spacial score (nSPS) is 10.7. The van der Waals surface area contributed by atoms with Gasteiger partial charge in [-0.3, -0.25) is 0 Å². The van der Waals surface area contributed by atoms with Gasteiger partial charge in [-0.05, 0) is 70.6 Å². The fraction of sp³-hybridized carbons (Fsp3) is 0.316. The van der Waals surface area contributed by atoms with Crippen LogP contribution in [0, 0.1) is 13.8 Å². The molecule has 23 heavy (non-hydrogen) atoms. The molecule has 0 radical (unpaired) electrons. The minimum absolute atomic E-state index is 0.132. The van der Waals surface area contributed by atoms with Crippen molar-refractivity contribution < 1.29 is 14.3 Å². The summed E-state index contributed by atoms with van der Waals surface area (Å²) in [5.41, 5.74) is 3.19. The molecular formula is C19H21BrO3. The maximum absolute atomic E-state index is 12.1. The molecular weight excluding hydrogens is 356 g/mol. The number of rotatable bonds is 5. The van der Waals surface area contributed by atoms with Gasteiger partial charge in [0.05, 0.1) is 4.47 Å². The number of carbonyl (C=O) groups is 1. The molecule has 0 unspecified atom stereocenters. The number of ether oxygens (including phenoxy) is 2. The summed E-state index contributed by atoms with van der Waals surface area (Å²) in [6, 6.07) is 11.6. The highest BCUT2D eigenvalue weighted by molar-refractivity contribution is 9.10. The Kier molecular flexibility index (Phi) is 5.83. The summed E-state index contributed by atoms with van der Waals surface area (Å²) in [5, 5.41) is 0. The Morgan fingerprint density at radius 3 is 2.35 bits per heavy atom. The van der Waals surface area contributed by atoms with E-state index in [0.717, 1.165) is 21.2 Å². The Morgan fingerprint density at radius 2 is 1.70 bits per heavy atom. The topological polar surface area (TPSA) is 35.5 Å². The molecule has 2 aromatic carbocycles.